The lowest BCUT2D eigenvalue weighted by Crippen LogP contribution is -2.11. The first kappa shape index (κ1) is 17.0. The molecule has 1 aromatic carbocycles. The lowest BCUT2D eigenvalue weighted by atomic mass is 10.1. The molecule has 0 spiro atoms. The highest BCUT2D eigenvalue weighted by atomic mass is 16.5. The number of nitrogens with zero attached hydrogens (tertiary/aromatic N) is 3. The van der Waals surface area contributed by atoms with Gasteiger partial charge in [0.05, 0.1) is 12.0 Å². The molecule has 0 bridgehead atoms. The van der Waals surface area contributed by atoms with Gasteiger partial charge in [-0.3, -0.25) is 4.79 Å². The summed E-state index contributed by atoms with van der Waals surface area (Å²) < 4.78 is 12.4. The number of benzene rings is 1. The molecule has 5 aromatic rings. The summed E-state index contributed by atoms with van der Waals surface area (Å²) in [7, 11) is 0. The number of fused-ring (bicyclic) bond motifs is 1. The number of hydrogen-bond acceptors (Lipinski definition) is 5. The number of rotatable bonds is 4. The highest BCUT2D eigenvalue weighted by Gasteiger charge is 2.15. The third-order valence-electron chi connectivity index (χ3n) is 4.56. The molecular formula is C22H16N4O3. The maximum atomic E-state index is 12.4. The van der Waals surface area contributed by atoms with Crippen LogP contribution in [0, 0.1) is 6.92 Å². The van der Waals surface area contributed by atoms with E-state index in [1.165, 1.54) is 6.26 Å². The van der Waals surface area contributed by atoms with Gasteiger partial charge in [0.15, 0.2) is 11.5 Å². The molecule has 0 aliphatic heterocycles. The van der Waals surface area contributed by atoms with E-state index in [1.54, 1.807) is 18.2 Å². The monoisotopic (exact) mass is 384 g/mol. The topological polar surface area (TPSA) is 85.6 Å². The summed E-state index contributed by atoms with van der Waals surface area (Å²) in [4.78, 5) is 17.1. The summed E-state index contributed by atoms with van der Waals surface area (Å²) >= 11 is 0. The number of nitrogens with one attached hydrogen (secondary N) is 1. The maximum absolute atomic E-state index is 12.4. The number of furan rings is 1. The van der Waals surface area contributed by atoms with Crippen LogP contribution in [0.5, 0.6) is 0 Å². The van der Waals surface area contributed by atoms with Gasteiger partial charge in [-0.2, -0.15) is 0 Å². The minimum absolute atomic E-state index is 0.177. The first-order valence-corrected chi connectivity index (χ1v) is 9.03. The Morgan fingerprint density at radius 3 is 2.72 bits per heavy atom. The molecule has 1 amide bonds. The van der Waals surface area contributed by atoms with Crippen LogP contribution < -0.4 is 5.32 Å². The number of aryl methyl sites for hydroxylation is 1. The molecule has 1 N–H and O–H groups in total. The van der Waals surface area contributed by atoms with Crippen molar-refractivity contribution in [2.75, 3.05) is 5.32 Å². The lowest BCUT2D eigenvalue weighted by Gasteiger charge is -2.03. The van der Waals surface area contributed by atoms with Crippen LogP contribution >= 0.6 is 0 Å². The third kappa shape index (κ3) is 3.29. The molecule has 4 heterocycles. The molecule has 0 fully saturated rings. The van der Waals surface area contributed by atoms with Crippen LogP contribution in [0.1, 0.15) is 16.1 Å². The van der Waals surface area contributed by atoms with Crippen molar-refractivity contribution in [3.8, 4) is 22.8 Å². The fourth-order valence-corrected chi connectivity index (χ4v) is 3.06. The van der Waals surface area contributed by atoms with Crippen molar-refractivity contribution in [2.24, 2.45) is 0 Å². The lowest BCUT2D eigenvalue weighted by molar-refractivity contribution is 0.101. The second-order valence-electron chi connectivity index (χ2n) is 6.68. The molecule has 0 saturated heterocycles. The number of pyridine rings is 1. The molecule has 142 valence electrons. The minimum atomic E-state index is -0.359. The Balaban J connectivity index is 1.33. The Bertz CT molecular complexity index is 1300. The van der Waals surface area contributed by atoms with Crippen molar-refractivity contribution in [2.45, 2.75) is 6.92 Å². The SMILES string of the molecule is Cc1ccn2cc(-c3ccc(NC(=O)c4cc(-c5ccco5)on4)cc3)nc2c1. The van der Waals surface area contributed by atoms with Crippen LogP contribution in [0.4, 0.5) is 5.69 Å². The van der Waals surface area contributed by atoms with Gasteiger partial charge in [-0.25, -0.2) is 4.98 Å². The first-order valence-electron chi connectivity index (χ1n) is 9.03. The Morgan fingerprint density at radius 1 is 1.07 bits per heavy atom. The number of carbonyl (C=O) groups is 1. The number of amides is 1. The average Bonchev–Trinajstić information content (AvgIpc) is 3.47. The number of carbonyl (C=O) groups excluding carboxylic acids is 1. The van der Waals surface area contributed by atoms with Crippen LogP contribution in [0.3, 0.4) is 0 Å². The van der Waals surface area contributed by atoms with Gasteiger partial charge in [0, 0.05) is 29.7 Å². The van der Waals surface area contributed by atoms with Crippen molar-refractivity contribution >= 4 is 17.2 Å². The zero-order valence-corrected chi connectivity index (χ0v) is 15.5. The quantitative estimate of drug-likeness (QED) is 0.481. The molecule has 5 rings (SSSR count). The van der Waals surface area contributed by atoms with Crippen molar-refractivity contribution in [3.05, 3.63) is 84.5 Å². The van der Waals surface area contributed by atoms with Crippen LogP contribution in [0.2, 0.25) is 0 Å². The predicted molar refractivity (Wildman–Crippen MR) is 108 cm³/mol. The van der Waals surface area contributed by atoms with Gasteiger partial charge in [0.2, 0.25) is 5.76 Å². The highest BCUT2D eigenvalue weighted by molar-refractivity contribution is 6.03. The standard InChI is InChI=1S/C22H16N4O3/c1-14-8-9-26-13-18(24-21(26)11-14)15-4-6-16(7-5-15)23-22(27)17-12-20(29-25-17)19-3-2-10-28-19/h2-13H,1H3,(H,23,27). The van der Waals surface area contributed by atoms with Gasteiger partial charge in [0.25, 0.3) is 5.91 Å². The van der Waals surface area contributed by atoms with Crippen molar-refractivity contribution in [1.82, 2.24) is 14.5 Å². The van der Waals surface area contributed by atoms with E-state index in [4.69, 9.17) is 8.94 Å². The van der Waals surface area contributed by atoms with Gasteiger partial charge < -0.3 is 18.7 Å². The molecule has 0 unspecified atom stereocenters. The molecule has 4 aromatic heterocycles. The zero-order valence-electron chi connectivity index (χ0n) is 15.5. The van der Waals surface area contributed by atoms with Crippen LogP contribution in [0.25, 0.3) is 28.4 Å². The molecular weight excluding hydrogens is 368 g/mol. The van der Waals surface area contributed by atoms with Crippen LogP contribution in [-0.2, 0) is 0 Å². The molecule has 29 heavy (non-hydrogen) atoms. The number of anilines is 1. The zero-order chi connectivity index (χ0) is 19.8. The third-order valence-corrected chi connectivity index (χ3v) is 4.56. The molecule has 7 nitrogen and oxygen atoms in total. The molecule has 0 saturated carbocycles. The number of aromatic nitrogens is 3. The number of hydrogen-bond donors (Lipinski definition) is 1. The van der Waals surface area contributed by atoms with Crippen molar-refractivity contribution in [1.29, 1.82) is 0 Å². The van der Waals surface area contributed by atoms with Crippen LogP contribution in [-0.4, -0.2) is 20.4 Å². The minimum Gasteiger partial charge on any atom is -0.461 e. The maximum Gasteiger partial charge on any atom is 0.277 e. The molecule has 0 radical (unpaired) electrons. The van der Waals surface area contributed by atoms with Gasteiger partial charge in [0.1, 0.15) is 5.65 Å². The van der Waals surface area contributed by atoms with Gasteiger partial charge >= 0.3 is 0 Å². The molecule has 0 aliphatic carbocycles. The summed E-state index contributed by atoms with van der Waals surface area (Å²) in [5.41, 5.74) is 4.72. The predicted octanol–water partition coefficient (Wildman–Crippen LogP) is 4.81. The summed E-state index contributed by atoms with van der Waals surface area (Å²) in [6, 6.07) is 16.6. The van der Waals surface area contributed by atoms with E-state index in [0.29, 0.717) is 17.2 Å². The van der Waals surface area contributed by atoms with E-state index in [2.05, 4.69) is 15.5 Å². The first-order chi connectivity index (χ1) is 14.2. The van der Waals surface area contributed by atoms with Gasteiger partial charge in [-0.1, -0.05) is 17.3 Å². The normalized spacial score (nSPS) is 11.1. The fraction of sp³-hybridized carbons (Fsp3) is 0.0455. The summed E-state index contributed by atoms with van der Waals surface area (Å²) in [5.74, 6) is 0.559. The fourth-order valence-electron chi connectivity index (χ4n) is 3.06. The van der Waals surface area contributed by atoms with E-state index in [9.17, 15) is 4.79 Å². The number of imidazole rings is 1. The summed E-state index contributed by atoms with van der Waals surface area (Å²) in [6.07, 6.45) is 5.50. The Kier molecular flexibility index (Phi) is 3.98. The van der Waals surface area contributed by atoms with E-state index in [0.717, 1.165) is 22.5 Å². The molecule has 0 atom stereocenters. The smallest absolute Gasteiger partial charge is 0.277 e. The van der Waals surface area contributed by atoms with E-state index < -0.39 is 0 Å². The van der Waals surface area contributed by atoms with Crippen LogP contribution in [0.15, 0.2) is 82.2 Å². The summed E-state index contributed by atoms with van der Waals surface area (Å²) in [5, 5.41) is 6.62. The van der Waals surface area contributed by atoms with E-state index in [-0.39, 0.29) is 11.6 Å². The van der Waals surface area contributed by atoms with Gasteiger partial charge in [-0.15, -0.1) is 0 Å². The average molecular weight is 384 g/mol. The van der Waals surface area contributed by atoms with E-state index >= 15 is 0 Å². The largest absolute Gasteiger partial charge is 0.461 e. The molecule has 7 heteroatoms. The Hall–Kier alpha value is -4.13. The van der Waals surface area contributed by atoms with Crippen molar-refractivity contribution < 1.29 is 13.7 Å². The second-order valence-corrected chi connectivity index (χ2v) is 6.68. The van der Waals surface area contributed by atoms with Crippen molar-refractivity contribution in [3.63, 3.8) is 0 Å². The highest BCUT2D eigenvalue weighted by Crippen LogP contribution is 2.23. The Morgan fingerprint density at radius 2 is 1.93 bits per heavy atom. The summed E-state index contributed by atoms with van der Waals surface area (Å²) in [6.45, 7) is 2.04. The second kappa shape index (κ2) is 6.79. The molecule has 0 aliphatic rings. The Labute approximate surface area is 165 Å². The van der Waals surface area contributed by atoms with Gasteiger partial charge in [-0.05, 0) is 48.9 Å². The van der Waals surface area contributed by atoms with E-state index in [1.807, 2.05) is 60.1 Å².